The average Bonchev–Trinajstić information content (AvgIpc) is 2.27. The average molecular weight is 254 g/mol. The van der Waals surface area contributed by atoms with E-state index in [2.05, 4.69) is 20.7 Å². The van der Waals surface area contributed by atoms with Crippen molar-refractivity contribution in [1.29, 1.82) is 5.26 Å². The third kappa shape index (κ3) is 2.33. The minimum absolute atomic E-state index is 0.352. The number of esters is 1. The molecular formula is C10H8BrNO2. The molecule has 0 saturated carbocycles. The zero-order valence-electron chi connectivity index (χ0n) is 7.53. The molecule has 0 bridgehead atoms. The Kier molecular flexibility index (Phi) is 3.66. The second-order valence-electron chi connectivity index (χ2n) is 2.62. The standard InChI is InChI=1S/C10H8BrNO2/c1-14-10(13)9(11)8-4-2-7(6-12)3-5-8/h2-5,9H,1H3/t9-/m1/s1. The number of carbonyl (C=O) groups is 1. The number of benzene rings is 1. The number of nitriles is 1. The molecule has 0 saturated heterocycles. The lowest BCUT2D eigenvalue weighted by Crippen LogP contribution is -2.07. The quantitative estimate of drug-likeness (QED) is 0.600. The van der Waals surface area contributed by atoms with E-state index in [-0.39, 0.29) is 5.97 Å². The second kappa shape index (κ2) is 4.77. The minimum Gasteiger partial charge on any atom is -0.468 e. The molecule has 0 N–H and O–H groups in total. The highest BCUT2D eigenvalue weighted by Crippen LogP contribution is 2.23. The molecule has 72 valence electrons. The molecular weight excluding hydrogens is 246 g/mol. The Morgan fingerprint density at radius 3 is 2.50 bits per heavy atom. The van der Waals surface area contributed by atoms with E-state index < -0.39 is 4.83 Å². The van der Waals surface area contributed by atoms with Crippen molar-refractivity contribution in [1.82, 2.24) is 0 Å². The highest BCUT2D eigenvalue weighted by molar-refractivity contribution is 9.09. The Hall–Kier alpha value is -1.34. The summed E-state index contributed by atoms with van der Waals surface area (Å²) in [5.74, 6) is -0.352. The van der Waals surface area contributed by atoms with Crippen molar-refractivity contribution in [2.24, 2.45) is 0 Å². The number of halogens is 1. The molecule has 0 fully saturated rings. The van der Waals surface area contributed by atoms with Crippen LogP contribution >= 0.6 is 15.9 Å². The molecule has 0 aromatic heterocycles. The monoisotopic (exact) mass is 253 g/mol. The fraction of sp³-hybridized carbons (Fsp3) is 0.200. The molecule has 0 aliphatic carbocycles. The summed E-state index contributed by atoms with van der Waals surface area (Å²) >= 11 is 3.20. The molecule has 3 nitrogen and oxygen atoms in total. The maximum atomic E-state index is 11.1. The fourth-order valence-electron chi connectivity index (χ4n) is 0.966. The predicted molar refractivity (Wildman–Crippen MR) is 54.8 cm³/mol. The van der Waals surface area contributed by atoms with Gasteiger partial charge in [-0.15, -0.1) is 0 Å². The van der Waals surface area contributed by atoms with Crippen LogP contribution in [0.5, 0.6) is 0 Å². The molecule has 0 heterocycles. The first-order valence-corrected chi connectivity index (χ1v) is 4.82. The van der Waals surface area contributed by atoms with Crippen molar-refractivity contribution in [2.75, 3.05) is 7.11 Å². The molecule has 1 aromatic rings. The molecule has 1 atom stereocenters. The van der Waals surface area contributed by atoms with E-state index in [1.165, 1.54) is 7.11 Å². The second-order valence-corrected chi connectivity index (χ2v) is 3.54. The van der Waals surface area contributed by atoms with Crippen molar-refractivity contribution in [3.8, 4) is 6.07 Å². The summed E-state index contributed by atoms with van der Waals surface area (Å²) in [6.45, 7) is 0. The lowest BCUT2D eigenvalue weighted by atomic mass is 10.1. The zero-order valence-corrected chi connectivity index (χ0v) is 9.11. The van der Waals surface area contributed by atoms with Gasteiger partial charge in [-0.2, -0.15) is 5.26 Å². The van der Waals surface area contributed by atoms with Crippen molar-refractivity contribution in [3.63, 3.8) is 0 Å². The molecule has 1 rings (SSSR count). The molecule has 0 radical (unpaired) electrons. The Bertz CT molecular complexity index is 367. The molecule has 0 amide bonds. The summed E-state index contributed by atoms with van der Waals surface area (Å²) < 4.78 is 4.57. The number of hydrogen-bond donors (Lipinski definition) is 0. The van der Waals surface area contributed by atoms with Gasteiger partial charge in [0.25, 0.3) is 0 Å². The highest BCUT2D eigenvalue weighted by Gasteiger charge is 2.16. The van der Waals surface area contributed by atoms with Crippen molar-refractivity contribution in [2.45, 2.75) is 4.83 Å². The van der Waals surface area contributed by atoms with E-state index in [0.29, 0.717) is 5.56 Å². The lowest BCUT2D eigenvalue weighted by Gasteiger charge is -2.06. The first kappa shape index (κ1) is 10.7. The van der Waals surface area contributed by atoms with Gasteiger partial charge in [-0.3, -0.25) is 4.79 Å². The molecule has 0 aliphatic rings. The number of carbonyl (C=O) groups excluding carboxylic acids is 1. The van der Waals surface area contributed by atoms with Crippen LogP contribution in [0.2, 0.25) is 0 Å². The third-order valence-corrected chi connectivity index (χ3v) is 2.64. The zero-order chi connectivity index (χ0) is 10.6. The van der Waals surface area contributed by atoms with Crippen LogP contribution in [0.15, 0.2) is 24.3 Å². The van der Waals surface area contributed by atoms with Gasteiger partial charge in [0, 0.05) is 0 Å². The van der Waals surface area contributed by atoms with Crippen LogP contribution in [-0.2, 0) is 9.53 Å². The predicted octanol–water partition coefficient (Wildman–Crippen LogP) is 2.17. The fourth-order valence-corrected chi connectivity index (χ4v) is 1.46. The van der Waals surface area contributed by atoms with Crippen molar-refractivity contribution < 1.29 is 9.53 Å². The number of hydrogen-bond acceptors (Lipinski definition) is 3. The van der Waals surface area contributed by atoms with Crippen LogP contribution in [0.3, 0.4) is 0 Å². The molecule has 0 aliphatic heterocycles. The maximum Gasteiger partial charge on any atom is 0.323 e. The van der Waals surface area contributed by atoms with Crippen LogP contribution < -0.4 is 0 Å². The van der Waals surface area contributed by atoms with Crippen LogP contribution in [0.4, 0.5) is 0 Å². The van der Waals surface area contributed by atoms with E-state index in [1.807, 2.05) is 6.07 Å². The van der Waals surface area contributed by atoms with Gasteiger partial charge in [0.1, 0.15) is 4.83 Å². The minimum atomic E-state index is -0.472. The summed E-state index contributed by atoms with van der Waals surface area (Å²) in [6, 6.07) is 8.76. The summed E-state index contributed by atoms with van der Waals surface area (Å²) in [5, 5.41) is 8.57. The van der Waals surface area contributed by atoms with Crippen LogP contribution in [0, 0.1) is 11.3 Å². The van der Waals surface area contributed by atoms with E-state index in [0.717, 1.165) is 5.56 Å². The number of rotatable bonds is 2. The lowest BCUT2D eigenvalue weighted by molar-refractivity contribution is -0.139. The number of ether oxygens (including phenoxy) is 1. The van der Waals surface area contributed by atoms with Gasteiger partial charge < -0.3 is 4.74 Å². The number of nitrogens with zero attached hydrogens (tertiary/aromatic N) is 1. The van der Waals surface area contributed by atoms with Crippen molar-refractivity contribution in [3.05, 3.63) is 35.4 Å². The van der Waals surface area contributed by atoms with Gasteiger partial charge >= 0.3 is 5.97 Å². The van der Waals surface area contributed by atoms with Gasteiger partial charge in [0.05, 0.1) is 18.7 Å². The highest BCUT2D eigenvalue weighted by atomic mass is 79.9. The maximum absolute atomic E-state index is 11.1. The van der Waals surface area contributed by atoms with Crippen LogP contribution in [0.25, 0.3) is 0 Å². The Morgan fingerprint density at radius 2 is 2.07 bits per heavy atom. The largest absolute Gasteiger partial charge is 0.468 e. The first-order valence-electron chi connectivity index (χ1n) is 3.91. The number of methoxy groups -OCH3 is 1. The number of alkyl halides is 1. The van der Waals surface area contributed by atoms with Crippen LogP contribution in [0.1, 0.15) is 16.0 Å². The van der Waals surface area contributed by atoms with Gasteiger partial charge in [-0.1, -0.05) is 28.1 Å². The van der Waals surface area contributed by atoms with Crippen molar-refractivity contribution >= 4 is 21.9 Å². The summed E-state index contributed by atoms with van der Waals surface area (Å²) in [5.41, 5.74) is 1.34. The van der Waals surface area contributed by atoms with Crippen LogP contribution in [-0.4, -0.2) is 13.1 Å². The van der Waals surface area contributed by atoms with Gasteiger partial charge in [-0.25, -0.2) is 0 Å². The Morgan fingerprint density at radius 1 is 1.50 bits per heavy atom. The van der Waals surface area contributed by atoms with Gasteiger partial charge in [0.15, 0.2) is 0 Å². The summed E-state index contributed by atoms with van der Waals surface area (Å²) in [7, 11) is 1.33. The van der Waals surface area contributed by atoms with E-state index >= 15 is 0 Å². The normalized spacial score (nSPS) is 11.5. The Labute approximate surface area is 90.4 Å². The topological polar surface area (TPSA) is 50.1 Å². The van der Waals surface area contributed by atoms with Gasteiger partial charge in [-0.05, 0) is 17.7 Å². The summed E-state index contributed by atoms with van der Waals surface area (Å²) in [6.07, 6.45) is 0. The smallest absolute Gasteiger partial charge is 0.323 e. The van der Waals surface area contributed by atoms with E-state index in [1.54, 1.807) is 24.3 Å². The molecule has 0 unspecified atom stereocenters. The van der Waals surface area contributed by atoms with Gasteiger partial charge in [0.2, 0.25) is 0 Å². The molecule has 0 spiro atoms. The summed E-state index contributed by atoms with van der Waals surface area (Å²) in [4.78, 5) is 10.7. The third-order valence-electron chi connectivity index (χ3n) is 1.74. The molecule has 14 heavy (non-hydrogen) atoms. The van der Waals surface area contributed by atoms with E-state index in [9.17, 15) is 4.79 Å². The first-order chi connectivity index (χ1) is 6.69. The van der Waals surface area contributed by atoms with E-state index in [4.69, 9.17) is 5.26 Å². The Balaban J connectivity index is 2.88. The molecule has 1 aromatic carbocycles. The molecule has 4 heteroatoms. The SMILES string of the molecule is COC(=O)[C@H](Br)c1ccc(C#N)cc1.